The molecule has 0 unspecified atom stereocenters. The number of hydrogen-bond acceptors (Lipinski definition) is 5. The molecule has 0 saturated heterocycles. The van der Waals surface area contributed by atoms with Crippen molar-refractivity contribution in [2.24, 2.45) is 5.73 Å². The van der Waals surface area contributed by atoms with Gasteiger partial charge in [-0.1, -0.05) is 20.8 Å². The van der Waals surface area contributed by atoms with Crippen LogP contribution in [0.1, 0.15) is 27.2 Å². The number of nitrogens with one attached hydrogen (secondary N) is 1. The molecule has 8 heteroatoms. The minimum Gasteiger partial charge on any atom is -0.417 e. The molecule has 0 aromatic carbocycles. The first kappa shape index (κ1) is 22.0. The second-order valence-corrected chi connectivity index (χ2v) is 11.8. The molecule has 2 amide bonds. The number of methoxy groups -OCH3 is 1. The molecule has 23 heavy (non-hydrogen) atoms. The molecule has 136 valence electrons. The van der Waals surface area contributed by atoms with Gasteiger partial charge < -0.3 is 25.0 Å². The van der Waals surface area contributed by atoms with Crippen LogP contribution < -0.4 is 11.1 Å². The third-order valence-electron chi connectivity index (χ3n) is 4.02. The summed E-state index contributed by atoms with van der Waals surface area (Å²) in [7, 11) is -0.329. The highest BCUT2D eigenvalue weighted by Gasteiger charge is 2.37. The van der Waals surface area contributed by atoms with E-state index in [0.29, 0.717) is 26.2 Å². The van der Waals surface area contributed by atoms with Crippen LogP contribution >= 0.6 is 0 Å². The zero-order valence-corrected chi connectivity index (χ0v) is 16.2. The molecular formula is C15H32N2O5Si. The quantitative estimate of drug-likeness (QED) is 0.429. The Bertz CT molecular complexity index is 383. The van der Waals surface area contributed by atoms with Gasteiger partial charge in [0, 0.05) is 13.7 Å². The van der Waals surface area contributed by atoms with Crippen molar-refractivity contribution in [3.8, 4) is 0 Å². The molecule has 0 aliphatic heterocycles. The van der Waals surface area contributed by atoms with E-state index in [1.165, 1.54) is 0 Å². The summed E-state index contributed by atoms with van der Waals surface area (Å²) >= 11 is 0. The Kier molecular flexibility index (Phi) is 9.60. The third kappa shape index (κ3) is 9.04. The molecule has 0 heterocycles. The van der Waals surface area contributed by atoms with Crippen molar-refractivity contribution >= 4 is 20.1 Å². The topological polar surface area (TPSA) is 99.9 Å². The van der Waals surface area contributed by atoms with Crippen molar-refractivity contribution in [3.05, 3.63) is 0 Å². The number of carbonyl (C=O) groups excluding carboxylic acids is 2. The molecule has 7 nitrogen and oxygen atoms in total. The van der Waals surface area contributed by atoms with Crippen LogP contribution in [0, 0.1) is 0 Å². The van der Waals surface area contributed by atoms with Crippen LogP contribution in [-0.4, -0.2) is 59.7 Å². The average Bonchev–Trinajstić information content (AvgIpc) is 2.41. The first-order chi connectivity index (χ1) is 10.5. The van der Waals surface area contributed by atoms with Crippen LogP contribution in [0.5, 0.6) is 0 Å². The summed E-state index contributed by atoms with van der Waals surface area (Å²) in [5.41, 5.74) is 5.34. The van der Waals surface area contributed by atoms with Gasteiger partial charge in [0.1, 0.15) is 12.6 Å². The molecular weight excluding hydrogens is 316 g/mol. The predicted octanol–water partition coefficient (Wildman–Crippen LogP) is 1.03. The van der Waals surface area contributed by atoms with Crippen LogP contribution in [0.15, 0.2) is 0 Å². The fourth-order valence-electron chi connectivity index (χ4n) is 1.48. The fourth-order valence-corrected chi connectivity index (χ4v) is 2.54. The van der Waals surface area contributed by atoms with E-state index in [1.54, 1.807) is 7.11 Å². The van der Waals surface area contributed by atoms with Gasteiger partial charge in [0.15, 0.2) is 8.32 Å². The first-order valence-corrected chi connectivity index (χ1v) is 10.7. The molecule has 1 atom stereocenters. The molecule has 0 aromatic heterocycles. The maximum Gasteiger partial charge on any atom is 0.246 e. The van der Waals surface area contributed by atoms with E-state index in [1.807, 2.05) is 0 Å². The predicted molar refractivity (Wildman–Crippen MR) is 91.6 cm³/mol. The van der Waals surface area contributed by atoms with Crippen LogP contribution in [0.3, 0.4) is 0 Å². The van der Waals surface area contributed by atoms with Gasteiger partial charge in [-0.25, -0.2) is 0 Å². The molecule has 0 bridgehead atoms. The summed E-state index contributed by atoms with van der Waals surface area (Å²) < 4.78 is 15.9. The van der Waals surface area contributed by atoms with Crippen molar-refractivity contribution in [1.29, 1.82) is 0 Å². The molecule has 0 radical (unpaired) electrons. The molecule has 0 spiro atoms. The lowest BCUT2D eigenvalue weighted by Crippen LogP contribution is -2.47. The Morgan fingerprint density at radius 1 is 1.17 bits per heavy atom. The van der Waals surface area contributed by atoms with E-state index < -0.39 is 20.3 Å². The maximum absolute atomic E-state index is 11.7. The minimum absolute atomic E-state index is 0.0909. The van der Waals surface area contributed by atoms with Crippen molar-refractivity contribution < 1.29 is 23.5 Å². The molecule has 0 saturated carbocycles. The van der Waals surface area contributed by atoms with Crippen molar-refractivity contribution in [3.63, 3.8) is 0 Å². The van der Waals surface area contributed by atoms with Gasteiger partial charge in [-0.3, -0.25) is 9.59 Å². The summed E-state index contributed by atoms with van der Waals surface area (Å²) in [6, 6.07) is -0.752. The minimum atomic E-state index is -1.88. The van der Waals surface area contributed by atoms with Crippen LogP contribution in [0.25, 0.3) is 0 Å². The van der Waals surface area contributed by atoms with Gasteiger partial charge in [0.25, 0.3) is 0 Å². The lowest BCUT2D eigenvalue weighted by molar-refractivity contribution is -0.130. The monoisotopic (exact) mass is 348 g/mol. The Morgan fingerprint density at radius 2 is 1.78 bits per heavy atom. The number of rotatable bonds is 11. The average molecular weight is 349 g/mol. The number of amides is 2. The lowest BCUT2D eigenvalue weighted by atomic mass is 10.2. The number of nitrogens with two attached hydrogens (primary N) is 1. The molecule has 0 aliphatic carbocycles. The molecule has 0 aromatic rings. The zero-order valence-electron chi connectivity index (χ0n) is 15.2. The SMILES string of the molecule is COCCOCC(=O)N[C@@H](CCO[Si](C)(C)C(C)(C)C)C(N)=O. The summed E-state index contributed by atoms with van der Waals surface area (Å²) in [6.45, 7) is 11.7. The lowest BCUT2D eigenvalue weighted by Gasteiger charge is -2.36. The van der Waals surface area contributed by atoms with Crippen molar-refractivity contribution in [2.75, 3.05) is 33.5 Å². The van der Waals surface area contributed by atoms with Crippen LogP contribution in [0.2, 0.25) is 18.1 Å². The number of ether oxygens (including phenoxy) is 2. The van der Waals surface area contributed by atoms with Crippen LogP contribution in [-0.2, 0) is 23.5 Å². The molecule has 0 fully saturated rings. The van der Waals surface area contributed by atoms with E-state index in [4.69, 9.17) is 19.6 Å². The molecule has 3 N–H and O–H groups in total. The number of hydrogen-bond donors (Lipinski definition) is 2. The maximum atomic E-state index is 11.7. The summed E-state index contributed by atoms with van der Waals surface area (Å²) in [6.07, 6.45) is 0.353. The molecule has 0 rings (SSSR count). The Hall–Kier alpha value is -0.963. The third-order valence-corrected chi connectivity index (χ3v) is 8.56. The van der Waals surface area contributed by atoms with Gasteiger partial charge in [-0.2, -0.15) is 0 Å². The van der Waals surface area contributed by atoms with Crippen molar-refractivity contribution in [2.45, 2.75) is 51.4 Å². The highest BCUT2D eigenvalue weighted by Crippen LogP contribution is 2.36. The van der Waals surface area contributed by atoms with Crippen molar-refractivity contribution in [1.82, 2.24) is 5.32 Å². The smallest absolute Gasteiger partial charge is 0.246 e. The Balaban J connectivity index is 4.28. The normalized spacial score (nSPS) is 13.7. The van der Waals surface area contributed by atoms with E-state index >= 15 is 0 Å². The van der Waals surface area contributed by atoms with Gasteiger partial charge in [0.2, 0.25) is 11.8 Å². The van der Waals surface area contributed by atoms with Gasteiger partial charge in [0.05, 0.1) is 13.2 Å². The highest BCUT2D eigenvalue weighted by molar-refractivity contribution is 6.74. The van der Waals surface area contributed by atoms with E-state index in [0.717, 1.165) is 0 Å². The summed E-state index contributed by atoms with van der Waals surface area (Å²) in [5, 5.41) is 2.67. The molecule has 0 aliphatic rings. The standard InChI is InChI=1S/C15H32N2O5Si/c1-15(2,3)23(5,6)22-8-7-12(14(16)19)17-13(18)11-21-10-9-20-4/h12H,7-11H2,1-6H3,(H2,16,19)(H,17,18)/t12-/m0/s1. The van der Waals surface area contributed by atoms with Gasteiger partial charge in [-0.15, -0.1) is 0 Å². The Morgan fingerprint density at radius 3 is 2.26 bits per heavy atom. The number of primary amides is 1. The first-order valence-electron chi connectivity index (χ1n) is 7.80. The highest BCUT2D eigenvalue weighted by atomic mass is 28.4. The zero-order chi connectivity index (χ0) is 18.1. The fraction of sp³-hybridized carbons (Fsp3) is 0.867. The van der Waals surface area contributed by atoms with E-state index in [-0.39, 0.29) is 17.6 Å². The second-order valence-electron chi connectivity index (χ2n) is 6.97. The largest absolute Gasteiger partial charge is 0.417 e. The van der Waals surface area contributed by atoms with E-state index in [2.05, 4.69) is 39.2 Å². The van der Waals surface area contributed by atoms with Gasteiger partial charge >= 0.3 is 0 Å². The number of carbonyl (C=O) groups is 2. The second kappa shape index (κ2) is 10.0. The van der Waals surface area contributed by atoms with E-state index in [9.17, 15) is 9.59 Å². The summed E-state index contributed by atoms with van der Waals surface area (Å²) in [4.78, 5) is 23.2. The summed E-state index contributed by atoms with van der Waals surface area (Å²) in [5.74, 6) is -0.952. The Labute approximate surface area is 140 Å². The van der Waals surface area contributed by atoms with Gasteiger partial charge in [-0.05, 0) is 24.6 Å². The van der Waals surface area contributed by atoms with Crippen LogP contribution in [0.4, 0.5) is 0 Å².